The number of nitrogens with zero attached hydrogens (tertiary/aromatic N) is 4. The third kappa shape index (κ3) is 8.53. The summed E-state index contributed by atoms with van der Waals surface area (Å²) in [5.74, 6) is 0.646. The molecule has 0 unspecified atom stereocenters. The van der Waals surface area contributed by atoms with E-state index in [4.69, 9.17) is 21.1 Å². The molecular formula is C32H38ClF3N4O3. The minimum Gasteiger partial charge on any atom is -0.481 e. The Bertz CT molecular complexity index is 1380. The summed E-state index contributed by atoms with van der Waals surface area (Å²) < 4.78 is 52.3. The summed E-state index contributed by atoms with van der Waals surface area (Å²) >= 11 is 6.16. The highest BCUT2D eigenvalue weighted by atomic mass is 35.5. The average molecular weight is 619 g/mol. The van der Waals surface area contributed by atoms with Gasteiger partial charge in [-0.1, -0.05) is 48.9 Å². The van der Waals surface area contributed by atoms with Crippen molar-refractivity contribution in [2.75, 3.05) is 12.0 Å². The second-order valence-electron chi connectivity index (χ2n) is 11.8. The molecule has 1 aliphatic rings. The van der Waals surface area contributed by atoms with Crippen molar-refractivity contribution in [3.05, 3.63) is 82.5 Å². The lowest BCUT2D eigenvalue weighted by molar-refractivity contribution is -0.137. The maximum absolute atomic E-state index is 13.7. The maximum Gasteiger partial charge on any atom is 0.416 e. The minimum absolute atomic E-state index is 0.00975. The number of anilines is 1. The van der Waals surface area contributed by atoms with Gasteiger partial charge < -0.3 is 19.3 Å². The molecule has 0 saturated carbocycles. The lowest BCUT2D eigenvalue weighted by Crippen LogP contribution is -2.58. The van der Waals surface area contributed by atoms with E-state index in [0.717, 1.165) is 17.7 Å². The van der Waals surface area contributed by atoms with Crippen molar-refractivity contribution in [3.63, 3.8) is 0 Å². The Morgan fingerprint density at radius 3 is 2.37 bits per heavy atom. The molecule has 43 heavy (non-hydrogen) atoms. The minimum atomic E-state index is -4.55. The van der Waals surface area contributed by atoms with Crippen LogP contribution >= 0.6 is 11.6 Å². The summed E-state index contributed by atoms with van der Waals surface area (Å²) in [6, 6.07) is 14.4. The van der Waals surface area contributed by atoms with Gasteiger partial charge in [0.2, 0.25) is 11.8 Å². The zero-order valence-corrected chi connectivity index (χ0v) is 25.8. The van der Waals surface area contributed by atoms with Crippen molar-refractivity contribution >= 4 is 23.6 Å². The van der Waals surface area contributed by atoms with Crippen molar-refractivity contribution in [3.8, 4) is 5.88 Å². The van der Waals surface area contributed by atoms with Crippen molar-refractivity contribution in [1.29, 1.82) is 0 Å². The summed E-state index contributed by atoms with van der Waals surface area (Å²) in [5, 5.41) is -0.00975. The molecule has 1 aliphatic heterocycles. The van der Waals surface area contributed by atoms with Crippen LogP contribution in [-0.4, -0.2) is 51.8 Å². The molecule has 2 heterocycles. The molecule has 0 N–H and O–H groups in total. The number of aromatic nitrogens is 2. The molecule has 3 aromatic rings. The Morgan fingerprint density at radius 2 is 1.74 bits per heavy atom. The van der Waals surface area contributed by atoms with Gasteiger partial charge in [-0.25, -0.2) is 9.78 Å². The SMILES string of the molecule is CC[C@@H]1C[C@H](N(Cc2cc(Cl)cc(C(F)(F)F)c2)c2nccc(OC)n2)C[C@H](Cc2ccccc2)N1C(=O)OC(C)(C)C. The molecule has 0 aliphatic carbocycles. The van der Waals surface area contributed by atoms with Crippen LogP contribution in [0.1, 0.15) is 63.6 Å². The van der Waals surface area contributed by atoms with Crippen LogP contribution in [0.5, 0.6) is 5.88 Å². The number of carbonyl (C=O) groups is 1. The number of alkyl halides is 3. The zero-order chi connectivity index (χ0) is 31.4. The Balaban J connectivity index is 1.76. The summed E-state index contributed by atoms with van der Waals surface area (Å²) in [4.78, 5) is 26.4. The van der Waals surface area contributed by atoms with E-state index in [-0.39, 0.29) is 35.8 Å². The van der Waals surface area contributed by atoms with Crippen LogP contribution in [0.25, 0.3) is 0 Å². The maximum atomic E-state index is 13.7. The van der Waals surface area contributed by atoms with Crippen LogP contribution < -0.4 is 9.64 Å². The summed E-state index contributed by atoms with van der Waals surface area (Å²) in [7, 11) is 1.49. The van der Waals surface area contributed by atoms with Crippen LogP contribution in [0.3, 0.4) is 0 Å². The Labute approximate surface area is 256 Å². The van der Waals surface area contributed by atoms with Gasteiger partial charge in [-0.3, -0.25) is 0 Å². The predicted octanol–water partition coefficient (Wildman–Crippen LogP) is 7.95. The lowest BCUT2D eigenvalue weighted by Gasteiger charge is -2.48. The smallest absolute Gasteiger partial charge is 0.416 e. The molecule has 0 spiro atoms. The number of likely N-dealkylation sites (tertiary alicyclic amines) is 1. The van der Waals surface area contributed by atoms with E-state index in [0.29, 0.717) is 43.1 Å². The van der Waals surface area contributed by atoms with E-state index in [1.165, 1.54) is 13.2 Å². The van der Waals surface area contributed by atoms with Crippen molar-refractivity contribution < 1.29 is 27.4 Å². The van der Waals surface area contributed by atoms with Gasteiger partial charge >= 0.3 is 12.3 Å². The topological polar surface area (TPSA) is 67.8 Å². The number of hydrogen-bond donors (Lipinski definition) is 0. The highest BCUT2D eigenvalue weighted by Crippen LogP contribution is 2.36. The average Bonchev–Trinajstić information content (AvgIpc) is 2.94. The van der Waals surface area contributed by atoms with Gasteiger partial charge in [0.15, 0.2) is 0 Å². The zero-order valence-electron chi connectivity index (χ0n) is 25.1. The number of piperidine rings is 1. The Hall–Kier alpha value is -3.53. The summed E-state index contributed by atoms with van der Waals surface area (Å²) in [6.07, 6.45) is -1.09. The van der Waals surface area contributed by atoms with Crippen LogP contribution in [0.4, 0.5) is 23.9 Å². The quantitative estimate of drug-likeness (QED) is 0.255. The molecule has 1 amide bonds. The van der Waals surface area contributed by atoms with Gasteiger partial charge in [0, 0.05) is 42.0 Å². The molecule has 1 aromatic heterocycles. The number of ether oxygens (including phenoxy) is 2. The van der Waals surface area contributed by atoms with Gasteiger partial charge in [-0.15, -0.1) is 0 Å². The standard InChI is InChI=1S/C32H38ClF3N4O3/c1-6-25-18-26(19-27(16-21-10-8-7-9-11-21)40(25)30(41)43-31(2,3)4)39(29-37-13-12-28(38-29)42-5)20-22-14-23(32(34,35)36)17-24(33)15-22/h7-15,17,25-27H,6,16,18-20H2,1-5H3/t25-,26+,27+/m1/s1. The van der Waals surface area contributed by atoms with Gasteiger partial charge in [-0.2, -0.15) is 18.2 Å². The fourth-order valence-electron chi connectivity index (χ4n) is 5.60. The number of amides is 1. The number of halogens is 4. The monoisotopic (exact) mass is 618 g/mol. The van der Waals surface area contributed by atoms with Crippen LogP contribution in [0.2, 0.25) is 5.02 Å². The summed E-state index contributed by atoms with van der Waals surface area (Å²) in [5.41, 5.74) is -0.0687. The van der Waals surface area contributed by atoms with Crippen LogP contribution in [0.15, 0.2) is 60.8 Å². The number of hydrogen-bond acceptors (Lipinski definition) is 6. The molecule has 232 valence electrons. The number of rotatable bonds is 8. The van der Waals surface area contributed by atoms with Gasteiger partial charge in [0.05, 0.1) is 12.7 Å². The molecule has 11 heteroatoms. The van der Waals surface area contributed by atoms with Gasteiger partial charge in [0.25, 0.3) is 0 Å². The highest BCUT2D eigenvalue weighted by Gasteiger charge is 2.42. The third-order valence-electron chi connectivity index (χ3n) is 7.43. The van der Waals surface area contributed by atoms with E-state index in [2.05, 4.69) is 9.97 Å². The van der Waals surface area contributed by atoms with E-state index in [1.54, 1.807) is 12.3 Å². The molecule has 1 saturated heterocycles. The fourth-order valence-corrected chi connectivity index (χ4v) is 5.86. The first-order chi connectivity index (χ1) is 20.3. The fraction of sp³-hybridized carbons (Fsp3) is 0.469. The van der Waals surface area contributed by atoms with Crippen LogP contribution in [-0.2, 0) is 23.9 Å². The van der Waals surface area contributed by atoms with E-state index in [9.17, 15) is 18.0 Å². The number of carbonyl (C=O) groups excluding carboxylic acids is 1. The summed E-state index contributed by atoms with van der Waals surface area (Å²) in [6.45, 7) is 7.61. The first-order valence-corrected chi connectivity index (χ1v) is 14.7. The molecule has 4 rings (SSSR count). The first-order valence-electron chi connectivity index (χ1n) is 14.3. The number of methoxy groups -OCH3 is 1. The Kier molecular flexibility index (Phi) is 10.1. The Morgan fingerprint density at radius 1 is 1.05 bits per heavy atom. The molecule has 0 bridgehead atoms. The van der Waals surface area contributed by atoms with Crippen LogP contribution in [0, 0.1) is 0 Å². The van der Waals surface area contributed by atoms with Crippen molar-refractivity contribution in [2.45, 2.75) is 89.8 Å². The predicted molar refractivity (Wildman–Crippen MR) is 160 cm³/mol. The second kappa shape index (κ2) is 13.4. The van der Waals surface area contributed by atoms with Crippen molar-refractivity contribution in [1.82, 2.24) is 14.9 Å². The molecular weight excluding hydrogens is 581 g/mol. The second-order valence-corrected chi connectivity index (χ2v) is 12.2. The number of benzene rings is 2. The lowest BCUT2D eigenvalue weighted by atomic mass is 9.86. The first kappa shape index (κ1) is 32.4. The van der Waals surface area contributed by atoms with E-state index >= 15 is 0 Å². The molecule has 0 radical (unpaired) electrons. The van der Waals surface area contributed by atoms with Gasteiger partial charge in [-0.05, 0) is 75.8 Å². The largest absolute Gasteiger partial charge is 0.481 e. The third-order valence-corrected chi connectivity index (χ3v) is 7.64. The highest BCUT2D eigenvalue weighted by molar-refractivity contribution is 6.30. The van der Waals surface area contributed by atoms with Gasteiger partial charge in [0.1, 0.15) is 5.60 Å². The molecule has 3 atom stereocenters. The molecule has 1 fully saturated rings. The van der Waals surface area contributed by atoms with Crippen molar-refractivity contribution in [2.24, 2.45) is 0 Å². The normalized spacial score (nSPS) is 19.2. The van der Waals surface area contributed by atoms with E-state index in [1.807, 2.05) is 67.8 Å². The van der Waals surface area contributed by atoms with E-state index < -0.39 is 17.3 Å². The molecule has 2 aromatic carbocycles. The molecule has 7 nitrogen and oxygen atoms in total.